The second kappa shape index (κ2) is 8.53. The van der Waals surface area contributed by atoms with Gasteiger partial charge in [-0.15, -0.1) is 10.2 Å². The van der Waals surface area contributed by atoms with Crippen LogP contribution < -0.4 is 0 Å². The van der Waals surface area contributed by atoms with Gasteiger partial charge in [-0.2, -0.15) is 4.80 Å². The molecule has 3 aromatic rings. The van der Waals surface area contributed by atoms with Gasteiger partial charge in [0.25, 0.3) is 5.91 Å². The number of carbonyl (C=O) groups is 1. The second-order valence-corrected chi connectivity index (χ2v) is 6.54. The second-order valence-electron chi connectivity index (χ2n) is 6.54. The van der Waals surface area contributed by atoms with E-state index in [1.54, 1.807) is 13.2 Å². The summed E-state index contributed by atoms with van der Waals surface area (Å²) in [6, 6.07) is 11.3. The fraction of sp³-hybridized carbons (Fsp3) is 0.350. The van der Waals surface area contributed by atoms with Crippen LogP contribution in [0.2, 0.25) is 0 Å². The molecule has 0 radical (unpaired) electrons. The molecule has 27 heavy (non-hydrogen) atoms. The van der Waals surface area contributed by atoms with Crippen LogP contribution in [0.4, 0.5) is 0 Å². The lowest BCUT2D eigenvalue weighted by atomic mass is 10.0. The highest BCUT2D eigenvalue weighted by molar-refractivity contribution is 5.94. The van der Waals surface area contributed by atoms with Crippen molar-refractivity contribution in [3.05, 3.63) is 59.9 Å². The Morgan fingerprint density at radius 1 is 1.22 bits per heavy atom. The number of carbonyl (C=O) groups excluding carboxylic acids is 1. The fourth-order valence-electron chi connectivity index (χ4n) is 3.06. The lowest BCUT2D eigenvalue weighted by Gasteiger charge is -2.28. The van der Waals surface area contributed by atoms with Gasteiger partial charge in [0.15, 0.2) is 0 Å². The lowest BCUT2D eigenvalue weighted by Crippen LogP contribution is -2.31. The van der Waals surface area contributed by atoms with Crippen LogP contribution in [0.3, 0.4) is 0 Å². The Bertz CT molecular complexity index is 875. The molecule has 1 aromatic carbocycles. The molecule has 0 N–H and O–H groups in total. The monoisotopic (exact) mass is 364 g/mol. The number of pyridine rings is 1. The summed E-state index contributed by atoms with van der Waals surface area (Å²) in [4.78, 5) is 20.5. The van der Waals surface area contributed by atoms with Crippen LogP contribution >= 0.6 is 0 Å². The molecule has 1 atom stereocenters. The van der Waals surface area contributed by atoms with Crippen LogP contribution in [0, 0.1) is 0 Å². The minimum atomic E-state index is -0.0152. The van der Waals surface area contributed by atoms with Crippen molar-refractivity contribution in [2.45, 2.75) is 32.2 Å². The van der Waals surface area contributed by atoms with Crippen LogP contribution in [-0.4, -0.2) is 43.0 Å². The molecule has 0 spiro atoms. The summed E-state index contributed by atoms with van der Waals surface area (Å²) in [6.45, 7) is 2.15. The zero-order valence-electron chi connectivity index (χ0n) is 15.9. The van der Waals surface area contributed by atoms with Crippen molar-refractivity contribution in [3.63, 3.8) is 0 Å². The van der Waals surface area contributed by atoms with Gasteiger partial charge in [0.05, 0.1) is 13.1 Å². The maximum atomic E-state index is 13.0. The maximum Gasteiger partial charge on any atom is 0.254 e. The Morgan fingerprint density at radius 3 is 2.59 bits per heavy atom. The average Bonchev–Trinajstić information content (AvgIpc) is 3.15. The summed E-state index contributed by atoms with van der Waals surface area (Å²) in [5, 5.41) is 12.0. The molecule has 0 aliphatic rings. The standard InChI is InChI=1S/C20H24N6O/c1-4-5-8-18(17-7-6-13-21-14-17)25(2)20(27)16-11-9-15(10-12-16)19-22-24-26(3)23-19/h6-7,9-14,18H,4-5,8H2,1-3H3. The average molecular weight is 364 g/mol. The maximum absolute atomic E-state index is 13.0. The zero-order chi connectivity index (χ0) is 19.2. The van der Waals surface area contributed by atoms with Gasteiger partial charge in [0, 0.05) is 30.6 Å². The first-order valence-electron chi connectivity index (χ1n) is 9.11. The lowest BCUT2D eigenvalue weighted by molar-refractivity contribution is 0.0720. The van der Waals surface area contributed by atoms with Gasteiger partial charge in [-0.05, 0) is 35.4 Å². The van der Waals surface area contributed by atoms with Crippen LogP contribution in [0.5, 0.6) is 0 Å². The molecular weight excluding hydrogens is 340 g/mol. The third-order valence-electron chi connectivity index (χ3n) is 4.59. The predicted octanol–water partition coefficient (Wildman–Crippen LogP) is 3.28. The van der Waals surface area contributed by atoms with Gasteiger partial charge < -0.3 is 4.90 Å². The third-order valence-corrected chi connectivity index (χ3v) is 4.59. The molecule has 0 saturated heterocycles. The van der Waals surface area contributed by atoms with Crippen LogP contribution in [-0.2, 0) is 7.05 Å². The molecule has 0 aliphatic heterocycles. The number of hydrogen-bond acceptors (Lipinski definition) is 5. The van der Waals surface area contributed by atoms with Crippen molar-refractivity contribution in [1.82, 2.24) is 30.1 Å². The Labute approximate surface area is 159 Å². The zero-order valence-corrected chi connectivity index (χ0v) is 15.9. The van der Waals surface area contributed by atoms with E-state index in [1.807, 2.05) is 54.5 Å². The highest BCUT2D eigenvalue weighted by Crippen LogP contribution is 2.26. The molecule has 2 heterocycles. The molecule has 0 fully saturated rings. The smallest absolute Gasteiger partial charge is 0.254 e. The molecule has 140 valence electrons. The largest absolute Gasteiger partial charge is 0.335 e. The summed E-state index contributed by atoms with van der Waals surface area (Å²) in [5.74, 6) is 0.527. The Morgan fingerprint density at radius 2 is 2.00 bits per heavy atom. The summed E-state index contributed by atoms with van der Waals surface area (Å²) in [5.41, 5.74) is 2.52. The van der Waals surface area contributed by atoms with Crippen LogP contribution in [0.25, 0.3) is 11.4 Å². The Kier molecular flexibility index (Phi) is 5.90. The topological polar surface area (TPSA) is 76.8 Å². The van der Waals surface area contributed by atoms with E-state index < -0.39 is 0 Å². The minimum Gasteiger partial charge on any atom is -0.335 e. The molecule has 1 amide bonds. The van der Waals surface area contributed by atoms with Gasteiger partial charge in [0.2, 0.25) is 5.82 Å². The summed E-state index contributed by atoms with van der Waals surface area (Å²) in [6.07, 6.45) is 6.63. The summed E-state index contributed by atoms with van der Waals surface area (Å²) in [7, 11) is 3.58. The minimum absolute atomic E-state index is 0.00693. The van der Waals surface area contributed by atoms with E-state index in [4.69, 9.17) is 0 Å². The molecule has 7 heteroatoms. The van der Waals surface area contributed by atoms with Crippen LogP contribution in [0.1, 0.15) is 48.1 Å². The highest BCUT2D eigenvalue weighted by atomic mass is 16.2. The normalized spacial score (nSPS) is 12.0. The summed E-state index contributed by atoms with van der Waals surface area (Å²) >= 11 is 0. The molecule has 2 aromatic heterocycles. The number of hydrogen-bond donors (Lipinski definition) is 0. The SMILES string of the molecule is CCCCC(c1cccnc1)N(C)C(=O)c1ccc(-c2nnn(C)n2)cc1. The Hall–Kier alpha value is -3.09. The molecule has 0 bridgehead atoms. The summed E-state index contributed by atoms with van der Waals surface area (Å²) < 4.78 is 0. The van der Waals surface area contributed by atoms with Crippen molar-refractivity contribution < 1.29 is 4.79 Å². The molecule has 0 aliphatic carbocycles. The van der Waals surface area contributed by atoms with Crippen molar-refractivity contribution in [2.24, 2.45) is 7.05 Å². The first-order valence-corrected chi connectivity index (χ1v) is 9.11. The third kappa shape index (κ3) is 4.36. The van der Waals surface area contributed by atoms with Gasteiger partial charge >= 0.3 is 0 Å². The molecule has 0 saturated carbocycles. The van der Waals surface area contributed by atoms with Crippen LogP contribution in [0.15, 0.2) is 48.8 Å². The van der Waals surface area contributed by atoms with Crippen molar-refractivity contribution in [1.29, 1.82) is 0 Å². The molecule has 1 unspecified atom stereocenters. The first-order chi connectivity index (χ1) is 13.1. The van der Waals surface area contributed by atoms with Crippen molar-refractivity contribution >= 4 is 5.91 Å². The molecule has 3 rings (SSSR count). The Balaban J connectivity index is 1.80. The van der Waals surface area contributed by atoms with Gasteiger partial charge in [-0.1, -0.05) is 38.0 Å². The number of aromatic nitrogens is 5. The number of nitrogens with zero attached hydrogens (tertiary/aromatic N) is 6. The predicted molar refractivity (Wildman–Crippen MR) is 103 cm³/mol. The first kappa shape index (κ1) is 18.7. The van der Waals surface area contributed by atoms with E-state index in [0.717, 1.165) is 30.4 Å². The van der Waals surface area contributed by atoms with E-state index in [-0.39, 0.29) is 11.9 Å². The number of amides is 1. The number of tetrazole rings is 1. The van der Waals surface area contributed by atoms with E-state index in [2.05, 4.69) is 27.3 Å². The van der Waals surface area contributed by atoms with Crippen molar-refractivity contribution in [2.75, 3.05) is 7.05 Å². The van der Waals surface area contributed by atoms with Gasteiger partial charge in [-0.25, -0.2) is 0 Å². The molecular formula is C20H24N6O. The van der Waals surface area contributed by atoms with E-state index in [9.17, 15) is 4.79 Å². The number of rotatable bonds is 7. The quantitative estimate of drug-likeness (QED) is 0.643. The van der Waals surface area contributed by atoms with E-state index in [0.29, 0.717) is 11.4 Å². The van der Waals surface area contributed by atoms with E-state index >= 15 is 0 Å². The highest BCUT2D eigenvalue weighted by Gasteiger charge is 2.22. The van der Waals surface area contributed by atoms with E-state index in [1.165, 1.54) is 4.80 Å². The van der Waals surface area contributed by atoms with Gasteiger partial charge in [0.1, 0.15) is 0 Å². The number of unbranched alkanes of at least 4 members (excludes halogenated alkanes) is 1. The number of benzene rings is 1. The number of aryl methyl sites for hydroxylation is 1. The van der Waals surface area contributed by atoms with Crippen molar-refractivity contribution in [3.8, 4) is 11.4 Å². The van der Waals surface area contributed by atoms with Gasteiger partial charge in [-0.3, -0.25) is 9.78 Å². The molecule has 7 nitrogen and oxygen atoms in total. The fourth-order valence-corrected chi connectivity index (χ4v) is 3.06.